The topological polar surface area (TPSA) is 74.5 Å². The Morgan fingerprint density at radius 2 is 1.96 bits per heavy atom. The average Bonchev–Trinajstić information content (AvgIpc) is 2.90. The molecule has 0 radical (unpaired) electrons. The summed E-state index contributed by atoms with van der Waals surface area (Å²) >= 11 is 0. The first-order valence-corrected chi connectivity index (χ1v) is 8.68. The molecule has 1 aromatic rings. The van der Waals surface area contributed by atoms with Crippen molar-refractivity contribution in [2.45, 2.75) is 50.5 Å². The van der Waals surface area contributed by atoms with Gasteiger partial charge >= 0.3 is 6.03 Å². The maximum atomic E-state index is 12.0. The summed E-state index contributed by atoms with van der Waals surface area (Å²) in [7, 11) is 3.58. The van der Waals surface area contributed by atoms with Crippen molar-refractivity contribution in [3.8, 4) is 0 Å². The van der Waals surface area contributed by atoms with E-state index in [-0.39, 0.29) is 30.4 Å². The number of carbonyl (C=O) groups is 1. The molecule has 0 spiro atoms. The maximum absolute atomic E-state index is 12.0. The van der Waals surface area contributed by atoms with Gasteiger partial charge in [-0.15, -0.1) is 12.4 Å². The molecule has 0 saturated carbocycles. The minimum Gasteiger partial charge on any atom is -0.339 e. The molecule has 7 nitrogen and oxygen atoms in total. The third-order valence-corrected chi connectivity index (χ3v) is 4.83. The van der Waals surface area contributed by atoms with Gasteiger partial charge in [-0.25, -0.2) is 4.79 Å². The van der Waals surface area contributed by atoms with Gasteiger partial charge in [0.05, 0.1) is 6.04 Å². The van der Waals surface area contributed by atoms with Gasteiger partial charge < -0.3 is 19.6 Å². The molecule has 0 aromatic carbocycles. The van der Waals surface area contributed by atoms with Crippen molar-refractivity contribution < 1.29 is 9.32 Å². The summed E-state index contributed by atoms with van der Waals surface area (Å²) in [6, 6.07) is 0.308. The standard InChI is InChI=1S/C16H27N5O2.ClH/c1-20(2)16(22)21-10-7-12(8-11-21)15-18-14(19-23-15)13-6-4-3-5-9-17-13;/h12-13,17H,3-11H2,1-2H3;1H. The highest BCUT2D eigenvalue weighted by Gasteiger charge is 2.29. The number of nitrogens with zero attached hydrogens (tertiary/aromatic N) is 4. The summed E-state index contributed by atoms with van der Waals surface area (Å²) in [4.78, 5) is 20.1. The predicted molar refractivity (Wildman–Crippen MR) is 93.4 cm³/mol. The Kier molecular flexibility index (Phi) is 6.86. The minimum absolute atomic E-state index is 0. The van der Waals surface area contributed by atoms with Gasteiger partial charge in [0.1, 0.15) is 0 Å². The van der Waals surface area contributed by atoms with Gasteiger partial charge in [-0.2, -0.15) is 4.98 Å². The number of carbonyl (C=O) groups excluding carboxylic acids is 1. The number of piperidine rings is 1. The van der Waals surface area contributed by atoms with Crippen LogP contribution in [0.2, 0.25) is 0 Å². The third-order valence-electron chi connectivity index (χ3n) is 4.83. The molecule has 0 aliphatic carbocycles. The Labute approximate surface area is 149 Å². The fourth-order valence-electron chi connectivity index (χ4n) is 3.40. The van der Waals surface area contributed by atoms with E-state index in [0.29, 0.717) is 0 Å². The van der Waals surface area contributed by atoms with Crippen LogP contribution in [0.4, 0.5) is 4.79 Å². The second-order valence-electron chi connectivity index (χ2n) is 6.79. The third kappa shape index (κ3) is 4.39. The van der Waals surface area contributed by atoms with Gasteiger partial charge in [-0.3, -0.25) is 0 Å². The van der Waals surface area contributed by atoms with Crippen molar-refractivity contribution in [3.63, 3.8) is 0 Å². The van der Waals surface area contributed by atoms with Gasteiger partial charge in [0.15, 0.2) is 5.82 Å². The second-order valence-corrected chi connectivity index (χ2v) is 6.79. The zero-order valence-electron chi connectivity index (χ0n) is 14.5. The lowest BCUT2D eigenvalue weighted by atomic mass is 9.97. The van der Waals surface area contributed by atoms with Crippen LogP contribution in [0.25, 0.3) is 0 Å². The first-order valence-electron chi connectivity index (χ1n) is 8.68. The van der Waals surface area contributed by atoms with E-state index in [0.717, 1.165) is 50.6 Å². The van der Waals surface area contributed by atoms with E-state index >= 15 is 0 Å². The summed E-state index contributed by atoms with van der Waals surface area (Å²) < 4.78 is 5.53. The number of hydrogen-bond acceptors (Lipinski definition) is 5. The molecular weight excluding hydrogens is 330 g/mol. The van der Waals surface area contributed by atoms with E-state index in [1.807, 2.05) is 4.90 Å². The number of hydrogen-bond donors (Lipinski definition) is 1. The molecule has 2 aliphatic heterocycles. The lowest BCUT2D eigenvalue weighted by Gasteiger charge is -2.32. The Morgan fingerprint density at radius 1 is 1.21 bits per heavy atom. The van der Waals surface area contributed by atoms with E-state index in [1.54, 1.807) is 19.0 Å². The van der Waals surface area contributed by atoms with Crippen LogP contribution in [0, 0.1) is 0 Å². The Hall–Kier alpha value is -1.34. The average molecular weight is 358 g/mol. The summed E-state index contributed by atoms with van der Waals surface area (Å²) in [6.45, 7) is 2.53. The van der Waals surface area contributed by atoms with Gasteiger partial charge in [0.25, 0.3) is 0 Å². The largest absolute Gasteiger partial charge is 0.339 e. The molecule has 1 aromatic heterocycles. The highest BCUT2D eigenvalue weighted by Crippen LogP contribution is 2.29. The smallest absolute Gasteiger partial charge is 0.319 e. The quantitative estimate of drug-likeness (QED) is 0.880. The lowest BCUT2D eigenvalue weighted by Crippen LogP contribution is -2.43. The molecule has 2 aliphatic rings. The van der Waals surface area contributed by atoms with Crippen LogP contribution < -0.4 is 5.32 Å². The fraction of sp³-hybridized carbons (Fsp3) is 0.812. The van der Waals surface area contributed by atoms with Gasteiger partial charge in [-0.1, -0.05) is 18.0 Å². The first kappa shape index (κ1) is 19.0. The van der Waals surface area contributed by atoms with E-state index in [9.17, 15) is 4.79 Å². The summed E-state index contributed by atoms with van der Waals surface area (Å²) in [5, 5.41) is 7.71. The van der Waals surface area contributed by atoms with Crippen molar-refractivity contribution >= 4 is 18.4 Å². The monoisotopic (exact) mass is 357 g/mol. The molecule has 1 atom stereocenters. The SMILES string of the molecule is CN(C)C(=O)N1CCC(c2nc(C3CCCCCN3)no2)CC1.Cl. The zero-order chi connectivity index (χ0) is 16.2. The van der Waals surface area contributed by atoms with E-state index in [1.165, 1.54) is 19.3 Å². The molecule has 136 valence electrons. The first-order chi connectivity index (χ1) is 11.1. The molecule has 2 saturated heterocycles. The van der Waals surface area contributed by atoms with Crippen LogP contribution in [0.15, 0.2) is 4.52 Å². The molecule has 2 amide bonds. The molecule has 2 fully saturated rings. The summed E-state index contributed by atoms with van der Waals surface area (Å²) in [5.41, 5.74) is 0. The van der Waals surface area contributed by atoms with Crippen molar-refractivity contribution in [2.24, 2.45) is 0 Å². The summed E-state index contributed by atoms with van der Waals surface area (Å²) in [5.74, 6) is 1.81. The Morgan fingerprint density at radius 3 is 2.67 bits per heavy atom. The lowest BCUT2D eigenvalue weighted by molar-refractivity contribution is 0.152. The van der Waals surface area contributed by atoms with Gasteiger partial charge in [0.2, 0.25) is 5.89 Å². The van der Waals surface area contributed by atoms with Crippen LogP contribution in [0.3, 0.4) is 0 Å². The number of halogens is 1. The van der Waals surface area contributed by atoms with E-state index in [2.05, 4.69) is 15.5 Å². The number of amides is 2. The van der Waals surface area contributed by atoms with Crippen molar-refractivity contribution in [2.75, 3.05) is 33.7 Å². The predicted octanol–water partition coefficient (Wildman–Crippen LogP) is 2.56. The number of aromatic nitrogens is 2. The number of nitrogens with one attached hydrogen (secondary N) is 1. The van der Waals surface area contributed by atoms with Crippen LogP contribution in [-0.4, -0.2) is 59.7 Å². The van der Waals surface area contributed by atoms with Crippen LogP contribution in [-0.2, 0) is 0 Å². The summed E-state index contributed by atoms with van der Waals surface area (Å²) in [6.07, 6.45) is 6.56. The highest BCUT2D eigenvalue weighted by molar-refractivity contribution is 5.85. The fourth-order valence-corrected chi connectivity index (χ4v) is 3.40. The van der Waals surface area contributed by atoms with Crippen LogP contribution in [0.1, 0.15) is 62.2 Å². The van der Waals surface area contributed by atoms with E-state index in [4.69, 9.17) is 4.52 Å². The molecule has 8 heteroatoms. The molecule has 3 heterocycles. The number of urea groups is 1. The van der Waals surface area contributed by atoms with Crippen molar-refractivity contribution in [1.82, 2.24) is 25.3 Å². The number of rotatable bonds is 2. The minimum atomic E-state index is 0. The number of likely N-dealkylation sites (tertiary alicyclic amines) is 1. The molecule has 3 rings (SSSR count). The molecular formula is C16H28ClN5O2. The normalized spacial score (nSPS) is 22.6. The van der Waals surface area contributed by atoms with Crippen LogP contribution in [0.5, 0.6) is 0 Å². The van der Waals surface area contributed by atoms with Crippen LogP contribution >= 0.6 is 12.4 Å². The Bertz CT molecular complexity index is 520. The second kappa shape index (κ2) is 8.67. The highest BCUT2D eigenvalue weighted by atomic mass is 35.5. The van der Waals surface area contributed by atoms with Crippen molar-refractivity contribution in [3.05, 3.63) is 11.7 Å². The molecule has 0 bridgehead atoms. The maximum Gasteiger partial charge on any atom is 0.319 e. The van der Waals surface area contributed by atoms with Gasteiger partial charge in [-0.05, 0) is 32.2 Å². The zero-order valence-corrected chi connectivity index (χ0v) is 15.3. The van der Waals surface area contributed by atoms with E-state index < -0.39 is 0 Å². The molecule has 1 unspecified atom stereocenters. The molecule has 24 heavy (non-hydrogen) atoms. The van der Waals surface area contributed by atoms with Crippen molar-refractivity contribution in [1.29, 1.82) is 0 Å². The Balaban J connectivity index is 0.00000208. The van der Waals surface area contributed by atoms with Gasteiger partial charge in [0, 0.05) is 33.1 Å². The molecule has 1 N–H and O–H groups in total.